The lowest BCUT2D eigenvalue weighted by atomic mass is 9.71. The molecule has 6 aromatic carbocycles. The fraction of sp³-hybridized carbons (Fsp3) is 0.149. The molecule has 1 atom stereocenters. The molecule has 0 radical (unpaired) electrons. The molecule has 0 spiro atoms. The third-order valence-electron chi connectivity index (χ3n) is 11.3. The Kier molecular flexibility index (Phi) is 6.49. The third-order valence-corrected chi connectivity index (χ3v) is 11.3. The van der Waals surface area contributed by atoms with E-state index in [9.17, 15) is 0 Å². The van der Waals surface area contributed by atoms with Gasteiger partial charge in [0.1, 0.15) is 0 Å². The van der Waals surface area contributed by atoms with Gasteiger partial charge in [0.2, 0.25) is 0 Å². The van der Waals surface area contributed by atoms with E-state index >= 15 is 0 Å². The summed E-state index contributed by atoms with van der Waals surface area (Å²) in [5.74, 6) is 0. The van der Waals surface area contributed by atoms with Crippen molar-refractivity contribution in [2.45, 2.75) is 44.4 Å². The number of rotatable bonds is 5. The first-order chi connectivity index (χ1) is 23.4. The van der Waals surface area contributed by atoms with Gasteiger partial charge in [0.05, 0.1) is 0 Å². The summed E-state index contributed by atoms with van der Waals surface area (Å²) in [5.41, 5.74) is 18.2. The summed E-state index contributed by atoms with van der Waals surface area (Å²) in [7, 11) is 0. The average molecular weight is 618 g/mol. The van der Waals surface area contributed by atoms with E-state index in [-0.39, 0.29) is 10.8 Å². The van der Waals surface area contributed by atoms with Crippen LogP contribution >= 0.6 is 0 Å². The van der Waals surface area contributed by atoms with Gasteiger partial charge in [-0.3, -0.25) is 0 Å². The Morgan fingerprint density at radius 1 is 0.479 bits per heavy atom. The molecule has 0 aromatic heterocycles. The van der Waals surface area contributed by atoms with Crippen molar-refractivity contribution in [3.05, 3.63) is 186 Å². The SMILES string of the molecule is CC1(C)c2ccccc2-c2ccc(N(c3ccc(-c4ccccc4)cc3)c3ccc4c(c3)C(C)(C3=CC=CCC3)c3ccccc3-4)cc21. The van der Waals surface area contributed by atoms with E-state index in [4.69, 9.17) is 0 Å². The Labute approximate surface area is 284 Å². The van der Waals surface area contributed by atoms with E-state index in [0.29, 0.717) is 0 Å². The molecule has 9 rings (SSSR count). The van der Waals surface area contributed by atoms with Crippen LogP contribution in [0.25, 0.3) is 33.4 Å². The Hall–Kier alpha value is -5.40. The number of hydrogen-bond donors (Lipinski definition) is 0. The van der Waals surface area contributed by atoms with Gasteiger partial charge in [0.25, 0.3) is 0 Å². The molecule has 3 aliphatic carbocycles. The molecule has 0 saturated heterocycles. The van der Waals surface area contributed by atoms with Crippen LogP contribution in [-0.2, 0) is 10.8 Å². The quantitative estimate of drug-likeness (QED) is 0.186. The highest BCUT2D eigenvalue weighted by Crippen LogP contribution is 2.56. The van der Waals surface area contributed by atoms with Crippen LogP contribution in [0.5, 0.6) is 0 Å². The molecule has 1 nitrogen and oxygen atoms in total. The normalized spacial score (nSPS) is 18.0. The van der Waals surface area contributed by atoms with E-state index in [1.165, 1.54) is 72.6 Å². The van der Waals surface area contributed by atoms with E-state index in [0.717, 1.165) is 18.5 Å². The summed E-state index contributed by atoms with van der Waals surface area (Å²) in [5, 5.41) is 0. The summed E-state index contributed by atoms with van der Waals surface area (Å²) in [6, 6.07) is 52.0. The van der Waals surface area contributed by atoms with Crippen molar-refractivity contribution < 1.29 is 0 Å². The summed E-state index contributed by atoms with van der Waals surface area (Å²) in [6.45, 7) is 7.18. The number of allylic oxidation sites excluding steroid dienone is 4. The highest BCUT2D eigenvalue weighted by Gasteiger charge is 2.42. The second-order valence-corrected chi connectivity index (χ2v) is 14.2. The Balaban J connectivity index is 1.23. The van der Waals surface area contributed by atoms with E-state index in [1.807, 2.05) is 0 Å². The standard InChI is InChI=1S/C47H39N/c1-46(2)42-20-12-10-18-38(42)40-28-26-36(30-44(40)46)48(35-24-22-33(23-25-35)32-14-6-4-7-15-32)37-27-29-41-39-19-11-13-21-43(39)47(3,45(41)31-37)34-16-8-5-9-17-34/h4-8,10-16,18-31H,9,17H2,1-3H3. The zero-order valence-corrected chi connectivity index (χ0v) is 27.9. The molecular formula is C47H39N. The minimum Gasteiger partial charge on any atom is -0.310 e. The summed E-state index contributed by atoms with van der Waals surface area (Å²) in [6.07, 6.45) is 9.07. The van der Waals surface area contributed by atoms with Gasteiger partial charge >= 0.3 is 0 Å². The topological polar surface area (TPSA) is 3.24 Å². The van der Waals surface area contributed by atoms with Crippen LogP contribution in [-0.4, -0.2) is 0 Å². The highest BCUT2D eigenvalue weighted by molar-refractivity contribution is 5.89. The molecule has 0 bridgehead atoms. The minimum absolute atomic E-state index is 0.0795. The lowest BCUT2D eigenvalue weighted by Gasteiger charge is -2.33. The molecule has 3 aliphatic rings. The molecule has 0 N–H and O–H groups in total. The zero-order valence-electron chi connectivity index (χ0n) is 27.9. The van der Waals surface area contributed by atoms with Crippen LogP contribution in [0.15, 0.2) is 163 Å². The van der Waals surface area contributed by atoms with Crippen LogP contribution in [0, 0.1) is 0 Å². The number of nitrogens with zero attached hydrogens (tertiary/aromatic N) is 1. The molecule has 6 aromatic rings. The van der Waals surface area contributed by atoms with Crippen LogP contribution < -0.4 is 4.90 Å². The number of benzene rings is 6. The molecule has 0 saturated carbocycles. The van der Waals surface area contributed by atoms with Crippen molar-refractivity contribution in [1.82, 2.24) is 0 Å². The summed E-state index contributed by atoms with van der Waals surface area (Å²) >= 11 is 0. The predicted octanol–water partition coefficient (Wildman–Crippen LogP) is 12.7. The lowest BCUT2D eigenvalue weighted by Crippen LogP contribution is -2.25. The first-order valence-corrected chi connectivity index (χ1v) is 17.3. The van der Waals surface area contributed by atoms with E-state index in [1.54, 1.807) is 0 Å². The number of fused-ring (bicyclic) bond motifs is 6. The van der Waals surface area contributed by atoms with Gasteiger partial charge < -0.3 is 4.90 Å². The Morgan fingerprint density at radius 3 is 1.71 bits per heavy atom. The fourth-order valence-electron chi connectivity index (χ4n) is 8.70. The smallest absolute Gasteiger partial charge is 0.0465 e. The molecule has 0 aliphatic heterocycles. The van der Waals surface area contributed by atoms with Gasteiger partial charge in [-0.2, -0.15) is 0 Å². The maximum atomic E-state index is 2.48. The molecule has 48 heavy (non-hydrogen) atoms. The molecule has 1 heteroatoms. The van der Waals surface area contributed by atoms with Gasteiger partial charge in [-0.05, 0) is 112 Å². The molecule has 1 unspecified atom stereocenters. The number of hydrogen-bond acceptors (Lipinski definition) is 1. The largest absolute Gasteiger partial charge is 0.310 e. The lowest BCUT2D eigenvalue weighted by molar-refractivity contribution is 0.650. The van der Waals surface area contributed by atoms with Crippen molar-refractivity contribution in [3.8, 4) is 33.4 Å². The van der Waals surface area contributed by atoms with Gasteiger partial charge in [0.15, 0.2) is 0 Å². The molecule has 0 amide bonds. The first kappa shape index (κ1) is 28.8. The summed E-state index contributed by atoms with van der Waals surface area (Å²) in [4.78, 5) is 2.47. The Bertz CT molecular complexity index is 2270. The van der Waals surface area contributed by atoms with E-state index < -0.39 is 0 Å². The maximum Gasteiger partial charge on any atom is 0.0465 e. The van der Waals surface area contributed by atoms with Crippen LogP contribution in [0.2, 0.25) is 0 Å². The van der Waals surface area contributed by atoms with Gasteiger partial charge in [-0.1, -0.05) is 141 Å². The van der Waals surface area contributed by atoms with Crippen molar-refractivity contribution in [2.75, 3.05) is 4.90 Å². The molecule has 232 valence electrons. The van der Waals surface area contributed by atoms with Gasteiger partial charge in [-0.15, -0.1) is 0 Å². The Morgan fingerprint density at radius 2 is 1.02 bits per heavy atom. The fourth-order valence-corrected chi connectivity index (χ4v) is 8.70. The van der Waals surface area contributed by atoms with Crippen molar-refractivity contribution >= 4 is 17.1 Å². The second kappa shape index (κ2) is 10.8. The van der Waals surface area contributed by atoms with Crippen LogP contribution in [0.3, 0.4) is 0 Å². The monoisotopic (exact) mass is 617 g/mol. The van der Waals surface area contributed by atoms with E-state index in [2.05, 4.69) is 183 Å². The minimum atomic E-state index is -0.183. The predicted molar refractivity (Wildman–Crippen MR) is 202 cm³/mol. The third kappa shape index (κ3) is 4.24. The average Bonchev–Trinajstić information content (AvgIpc) is 3.54. The van der Waals surface area contributed by atoms with Crippen LogP contribution in [0.4, 0.5) is 17.1 Å². The molecule has 0 heterocycles. The van der Waals surface area contributed by atoms with Crippen molar-refractivity contribution in [1.29, 1.82) is 0 Å². The zero-order chi connectivity index (χ0) is 32.5. The van der Waals surface area contributed by atoms with Crippen molar-refractivity contribution in [2.24, 2.45) is 0 Å². The second-order valence-electron chi connectivity index (χ2n) is 14.2. The molecular weight excluding hydrogens is 579 g/mol. The highest BCUT2D eigenvalue weighted by atomic mass is 15.1. The summed E-state index contributed by atoms with van der Waals surface area (Å²) < 4.78 is 0. The van der Waals surface area contributed by atoms with Crippen molar-refractivity contribution in [3.63, 3.8) is 0 Å². The first-order valence-electron chi connectivity index (χ1n) is 17.3. The van der Waals surface area contributed by atoms with Crippen LogP contribution in [0.1, 0.15) is 55.9 Å². The molecule has 0 fully saturated rings. The number of anilines is 3. The maximum absolute atomic E-state index is 2.48. The van der Waals surface area contributed by atoms with Gasteiger partial charge in [-0.25, -0.2) is 0 Å². The van der Waals surface area contributed by atoms with Gasteiger partial charge in [0, 0.05) is 27.9 Å².